The summed E-state index contributed by atoms with van der Waals surface area (Å²) >= 11 is 0. The van der Waals surface area contributed by atoms with Crippen LogP contribution in [0.15, 0.2) is 72.8 Å². The van der Waals surface area contributed by atoms with E-state index in [-0.39, 0.29) is 0 Å². The molecule has 8 aliphatic rings. The summed E-state index contributed by atoms with van der Waals surface area (Å²) in [6, 6.07) is 28.8. The van der Waals surface area contributed by atoms with E-state index in [2.05, 4.69) is 93.4 Å². The van der Waals surface area contributed by atoms with Gasteiger partial charge in [-0.15, -0.1) is 0 Å². The maximum Gasteiger partial charge on any atom is 0.124 e. The lowest BCUT2D eigenvalue weighted by atomic mass is 9.87. The number of imidazole rings is 2. The topological polar surface area (TPSA) is 81.4 Å². The number of H-pyrrole nitrogens is 2. The Morgan fingerprint density at radius 1 is 0.521 bits per heavy atom. The summed E-state index contributed by atoms with van der Waals surface area (Å²) < 4.78 is 0. The molecule has 6 aliphatic carbocycles. The summed E-state index contributed by atoms with van der Waals surface area (Å²) in [5, 5.41) is 7.47. The van der Waals surface area contributed by atoms with Crippen molar-refractivity contribution in [2.24, 2.45) is 10.8 Å². The zero-order valence-electron chi connectivity index (χ0n) is 27.5. The van der Waals surface area contributed by atoms with Gasteiger partial charge in [0.2, 0.25) is 0 Å². The highest BCUT2D eigenvalue weighted by Crippen LogP contribution is 2.55. The molecule has 240 valence electrons. The van der Waals surface area contributed by atoms with Crippen molar-refractivity contribution in [2.45, 2.75) is 76.3 Å². The predicted molar refractivity (Wildman–Crippen MR) is 192 cm³/mol. The molecule has 2 aromatic heterocycles. The molecule has 4 aromatic carbocycles. The number of rotatable bonds is 4. The monoisotopic (exact) mass is 630 g/mol. The second kappa shape index (κ2) is 10.1. The fourth-order valence-electron chi connectivity index (χ4n) is 9.15. The van der Waals surface area contributed by atoms with Crippen molar-refractivity contribution < 1.29 is 0 Å². The first kappa shape index (κ1) is 27.7. The molecule has 14 rings (SSSR count). The highest BCUT2D eigenvalue weighted by molar-refractivity contribution is 5.84. The Hall–Kier alpha value is -4.26. The minimum atomic E-state index is 0.353. The third kappa shape index (κ3) is 4.67. The first-order valence-corrected chi connectivity index (χ1v) is 18.3. The lowest BCUT2D eigenvalue weighted by molar-refractivity contribution is 0.543. The highest BCUT2D eigenvalue weighted by Gasteiger charge is 2.50. The quantitative estimate of drug-likeness (QED) is 0.158. The van der Waals surface area contributed by atoms with Crippen molar-refractivity contribution in [3.05, 3.63) is 107 Å². The molecule has 0 amide bonds. The van der Waals surface area contributed by atoms with Gasteiger partial charge in [0.15, 0.2) is 0 Å². The van der Waals surface area contributed by atoms with Crippen LogP contribution in [-0.2, 0) is 25.7 Å². The van der Waals surface area contributed by atoms with Gasteiger partial charge in [0.1, 0.15) is 11.6 Å². The van der Waals surface area contributed by atoms with E-state index in [0.717, 1.165) is 72.5 Å². The molecule has 6 heteroatoms. The SMILES string of the molecule is c1cc2c(-c3ccc4nc(C5CC6(CC6)CN5)[nH]c4c3)cc1CCc1ccc(cc1-c1ccc3nc(C4CC5(CC5)CN4)[nH]c3c1)CC2. The molecule has 4 N–H and O–H groups in total. The van der Waals surface area contributed by atoms with Crippen LogP contribution in [-0.4, -0.2) is 33.0 Å². The third-order valence-electron chi connectivity index (χ3n) is 12.6. The predicted octanol–water partition coefficient (Wildman–Crippen LogP) is 8.29. The Morgan fingerprint density at radius 3 is 1.44 bits per heavy atom. The molecular formula is C42H42N6. The number of hydrogen-bond donors (Lipinski definition) is 4. The third-order valence-corrected chi connectivity index (χ3v) is 12.6. The first-order valence-electron chi connectivity index (χ1n) is 18.3. The molecule has 2 spiro atoms. The molecule has 2 unspecified atom stereocenters. The van der Waals surface area contributed by atoms with Crippen LogP contribution in [0.3, 0.4) is 0 Å². The van der Waals surface area contributed by atoms with Crippen molar-refractivity contribution in [2.75, 3.05) is 13.1 Å². The second-order valence-corrected chi connectivity index (χ2v) is 16.0. The van der Waals surface area contributed by atoms with Crippen LogP contribution in [0.2, 0.25) is 0 Å². The number of nitrogens with zero attached hydrogens (tertiary/aromatic N) is 2. The lowest BCUT2D eigenvalue weighted by Crippen LogP contribution is -2.14. The van der Waals surface area contributed by atoms with Gasteiger partial charge >= 0.3 is 0 Å². The molecule has 6 nitrogen and oxygen atoms in total. The molecular weight excluding hydrogens is 589 g/mol. The number of nitrogens with one attached hydrogen (secondary N) is 4. The first-order chi connectivity index (χ1) is 23.6. The number of hydrogen-bond acceptors (Lipinski definition) is 4. The normalized spacial score (nSPS) is 23.4. The van der Waals surface area contributed by atoms with Crippen molar-refractivity contribution >= 4 is 22.1 Å². The van der Waals surface area contributed by atoms with E-state index in [1.807, 2.05) is 0 Å². The molecule has 2 saturated carbocycles. The Morgan fingerprint density at radius 2 is 1.00 bits per heavy atom. The van der Waals surface area contributed by atoms with Gasteiger partial charge in [-0.2, -0.15) is 0 Å². The van der Waals surface area contributed by atoms with Crippen molar-refractivity contribution in [3.8, 4) is 22.3 Å². The second-order valence-electron chi connectivity index (χ2n) is 16.0. The number of aromatic amines is 2. The van der Waals surface area contributed by atoms with Crippen LogP contribution in [0, 0.1) is 10.8 Å². The van der Waals surface area contributed by atoms with Crippen LogP contribution < -0.4 is 10.6 Å². The van der Waals surface area contributed by atoms with Crippen LogP contribution in [0.4, 0.5) is 0 Å². The summed E-state index contributed by atoms with van der Waals surface area (Å²) in [4.78, 5) is 17.4. The molecule has 6 aromatic rings. The average molecular weight is 631 g/mol. The minimum absolute atomic E-state index is 0.353. The van der Waals surface area contributed by atoms with Gasteiger partial charge < -0.3 is 20.6 Å². The summed E-state index contributed by atoms with van der Waals surface area (Å²) in [5.74, 6) is 2.20. The molecule has 4 fully saturated rings. The van der Waals surface area contributed by atoms with Gasteiger partial charge in [0.25, 0.3) is 0 Å². The summed E-state index contributed by atoms with van der Waals surface area (Å²) in [5.41, 5.74) is 16.4. The van der Waals surface area contributed by atoms with Crippen LogP contribution in [0.1, 0.15) is 84.5 Å². The maximum absolute atomic E-state index is 5.02. The molecule has 4 bridgehead atoms. The van der Waals surface area contributed by atoms with Crippen LogP contribution in [0.5, 0.6) is 0 Å². The largest absolute Gasteiger partial charge is 0.341 e. The summed E-state index contributed by atoms with van der Waals surface area (Å²) in [7, 11) is 0. The fraction of sp³-hybridized carbons (Fsp3) is 0.381. The maximum atomic E-state index is 5.02. The van der Waals surface area contributed by atoms with E-state index in [1.165, 1.54) is 83.0 Å². The Labute approximate surface area is 281 Å². The van der Waals surface area contributed by atoms with Gasteiger partial charge in [0.05, 0.1) is 34.2 Å². The van der Waals surface area contributed by atoms with Crippen molar-refractivity contribution in [1.82, 2.24) is 30.6 Å². The van der Waals surface area contributed by atoms with E-state index in [4.69, 9.17) is 9.97 Å². The number of aromatic nitrogens is 4. The molecule has 0 radical (unpaired) electrons. The van der Waals surface area contributed by atoms with E-state index >= 15 is 0 Å². The van der Waals surface area contributed by atoms with Gasteiger partial charge in [-0.1, -0.05) is 48.5 Å². The molecule has 2 saturated heterocycles. The van der Waals surface area contributed by atoms with E-state index in [9.17, 15) is 0 Å². The Kier molecular flexibility index (Phi) is 5.84. The Bertz CT molecular complexity index is 2090. The van der Waals surface area contributed by atoms with E-state index < -0.39 is 0 Å². The summed E-state index contributed by atoms with van der Waals surface area (Å²) in [6.45, 7) is 2.28. The van der Waals surface area contributed by atoms with Gasteiger partial charge in [-0.25, -0.2) is 9.97 Å². The number of benzene rings is 4. The van der Waals surface area contributed by atoms with E-state index in [0.29, 0.717) is 22.9 Å². The molecule has 4 heterocycles. The smallest absolute Gasteiger partial charge is 0.124 e. The minimum Gasteiger partial charge on any atom is -0.341 e. The highest BCUT2D eigenvalue weighted by atomic mass is 15.1. The zero-order chi connectivity index (χ0) is 31.5. The van der Waals surface area contributed by atoms with Crippen molar-refractivity contribution in [3.63, 3.8) is 0 Å². The van der Waals surface area contributed by atoms with Crippen molar-refractivity contribution in [1.29, 1.82) is 0 Å². The van der Waals surface area contributed by atoms with Crippen LogP contribution >= 0.6 is 0 Å². The standard InChI is InChI=1S/C42H42N6/c1-5-27-8-4-26-2-6-28(32(18-26)30-10-12-34-36(20-30)48-40(46-34)38-22-42(15-16-42)24-44-38)7-3-25(1)17-31(27)29-9-11-33-35(19-29)47-39(45-33)37-21-41(13-14-41)23-43-37/h1-2,5-6,9-12,17-20,37-38,43-44H,3-4,7-8,13-16,21-24H2,(H,45,47)(H,46,48). The van der Waals surface area contributed by atoms with Gasteiger partial charge in [0, 0.05) is 13.1 Å². The van der Waals surface area contributed by atoms with E-state index in [1.54, 1.807) is 0 Å². The fourth-order valence-corrected chi connectivity index (χ4v) is 9.15. The average Bonchev–Trinajstić information content (AvgIpc) is 3.72. The number of fused-ring (bicyclic) bond motifs is 2. The lowest BCUT2D eigenvalue weighted by Gasteiger charge is -2.17. The van der Waals surface area contributed by atoms with Crippen LogP contribution in [0.25, 0.3) is 44.3 Å². The summed E-state index contributed by atoms with van der Waals surface area (Å²) in [6.07, 6.45) is 11.9. The van der Waals surface area contributed by atoms with Gasteiger partial charge in [-0.3, -0.25) is 0 Å². The molecule has 2 aliphatic heterocycles. The molecule has 2 atom stereocenters. The molecule has 48 heavy (non-hydrogen) atoms. The Balaban J connectivity index is 0.887. The number of aryl methyl sites for hydroxylation is 4. The van der Waals surface area contributed by atoms with Gasteiger partial charge in [-0.05, 0) is 144 Å². The zero-order valence-corrected chi connectivity index (χ0v) is 27.5.